The van der Waals surface area contributed by atoms with Crippen LogP contribution in [0.25, 0.3) is 0 Å². The number of benzene rings is 1. The molecular weight excluding hydrogens is 280 g/mol. The lowest BCUT2D eigenvalue weighted by Gasteiger charge is -2.21. The number of anilines is 1. The van der Waals surface area contributed by atoms with Gasteiger partial charge < -0.3 is 10.8 Å². The van der Waals surface area contributed by atoms with Gasteiger partial charge in [0.2, 0.25) is 10.0 Å². The van der Waals surface area contributed by atoms with Crippen molar-refractivity contribution in [3.8, 4) is 0 Å². The molecule has 0 aromatic heterocycles. The van der Waals surface area contributed by atoms with Gasteiger partial charge in [-0.3, -0.25) is 0 Å². The zero-order chi connectivity index (χ0) is 15.5. The molecule has 7 heteroatoms. The maximum absolute atomic E-state index is 12.5. The van der Waals surface area contributed by atoms with E-state index in [4.69, 9.17) is 10.8 Å². The summed E-state index contributed by atoms with van der Waals surface area (Å²) in [6, 6.07) is 3.72. The van der Waals surface area contributed by atoms with E-state index >= 15 is 0 Å². The summed E-state index contributed by atoms with van der Waals surface area (Å²) in [6.45, 7) is 7.40. The van der Waals surface area contributed by atoms with Gasteiger partial charge in [0.1, 0.15) is 0 Å². The first-order valence-corrected chi connectivity index (χ1v) is 7.41. The van der Waals surface area contributed by atoms with Gasteiger partial charge in [0.05, 0.1) is 10.5 Å². The molecule has 1 aromatic rings. The van der Waals surface area contributed by atoms with Crippen LogP contribution >= 0.6 is 0 Å². The number of nitrogens with zero attached hydrogens (tertiary/aromatic N) is 1. The minimum Gasteiger partial charge on any atom is -0.478 e. The van der Waals surface area contributed by atoms with Crippen LogP contribution in [0.1, 0.15) is 24.2 Å². The van der Waals surface area contributed by atoms with Crippen molar-refractivity contribution in [2.24, 2.45) is 0 Å². The molecule has 0 radical (unpaired) electrons. The van der Waals surface area contributed by atoms with Crippen LogP contribution in [0.3, 0.4) is 0 Å². The molecule has 0 saturated heterocycles. The fraction of sp³-hybridized carbons (Fsp3) is 0.308. The third-order valence-electron chi connectivity index (χ3n) is 2.65. The van der Waals surface area contributed by atoms with Gasteiger partial charge in [-0.25, -0.2) is 13.2 Å². The predicted molar refractivity (Wildman–Crippen MR) is 77.1 cm³/mol. The highest BCUT2D eigenvalue weighted by Gasteiger charge is 2.28. The molecule has 0 spiro atoms. The highest BCUT2D eigenvalue weighted by atomic mass is 32.2. The van der Waals surface area contributed by atoms with Crippen LogP contribution in [0.4, 0.5) is 5.69 Å². The first-order valence-electron chi connectivity index (χ1n) is 5.97. The SMILES string of the molecule is C=C(C)CN(CC)S(=O)(=O)c1cc(N)ccc1C(=O)O. The lowest BCUT2D eigenvalue weighted by Crippen LogP contribution is -2.33. The average Bonchev–Trinajstić information content (AvgIpc) is 2.34. The molecule has 0 aliphatic carbocycles. The van der Waals surface area contributed by atoms with Gasteiger partial charge >= 0.3 is 5.97 Å². The summed E-state index contributed by atoms with van der Waals surface area (Å²) in [5.41, 5.74) is 6.14. The number of nitrogens with two attached hydrogens (primary N) is 1. The Balaban J connectivity index is 3.44. The molecule has 0 aliphatic heterocycles. The molecule has 0 saturated carbocycles. The Kier molecular flexibility index (Phi) is 4.91. The Morgan fingerprint density at radius 1 is 1.45 bits per heavy atom. The van der Waals surface area contributed by atoms with Crippen LogP contribution in [0.15, 0.2) is 35.2 Å². The Morgan fingerprint density at radius 2 is 2.05 bits per heavy atom. The van der Waals surface area contributed by atoms with Crippen molar-refractivity contribution in [1.82, 2.24) is 4.31 Å². The summed E-state index contributed by atoms with van der Waals surface area (Å²) in [7, 11) is -3.93. The van der Waals surface area contributed by atoms with E-state index in [0.29, 0.717) is 5.57 Å². The number of nitrogen functional groups attached to an aromatic ring is 1. The normalized spacial score (nSPS) is 11.6. The molecule has 0 bridgehead atoms. The molecule has 1 aromatic carbocycles. The zero-order valence-corrected chi connectivity index (χ0v) is 12.3. The van der Waals surface area contributed by atoms with Crippen LogP contribution in [0.2, 0.25) is 0 Å². The van der Waals surface area contributed by atoms with Crippen LogP contribution < -0.4 is 5.73 Å². The van der Waals surface area contributed by atoms with Crippen LogP contribution in [-0.2, 0) is 10.0 Å². The summed E-state index contributed by atoms with van der Waals surface area (Å²) >= 11 is 0. The van der Waals surface area contributed by atoms with Gasteiger partial charge in [-0.15, -0.1) is 0 Å². The number of carboxylic acid groups (broad SMARTS) is 1. The molecule has 0 atom stereocenters. The molecule has 20 heavy (non-hydrogen) atoms. The number of rotatable bonds is 6. The van der Waals surface area contributed by atoms with Crippen molar-refractivity contribution in [3.05, 3.63) is 35.9 Å². The minimum absolute atomic E-state index is 0.132. The maximum atomic E-state index is 12.5. The first kappa shape index (κ1) is 16.2. The van der Waals surface area contributed by atoms with E-state index < -0.39 is 16.0 Å². The summed E-state index contributed by atoms with van der Waals surface area (Å²) < 4.78 is 26.2. The molecule has 1 rings (SSSR count). The van der Waals surface area contributed by atoms with E-state index in [1.807, 2.05) is 0 Å². The number of carboxylic acids is 1. The van der Waals surface area contributed by atoms with Crippen LogP contribution in [0, 0.1) is 0 Å². The van der Waals surface area contributed by atoms with Crippen molar-refractivity contribution < 1.29 is 18.3 Å². The molecule has 0 unspecified atom stereocenters. The third-order valence-corrected chi connectivity index (χ3v) is 4.61. The van der Waals surface area contributed by atoms with Gasteiger partial charge in [0, 0.05) is 18.8 Å². The summed E-state index contributed by atoms with van der Waals surface area (Å²) in [5, 5.41) is 9.11. The van der Waals surface area contributed by atoms with E-state index in [1.54, 1.807) is 13.8 Å². The molecule has 3 N–H and O–H groups in total. The average molecular weight is 298 g/mol. The summed E-state index contributed by atoms with van der Waals surface area (Å²) in [5.74, 6) is -1.31. The van der Waals surface area contributed by atoms with E-state index in [-0.39, 0.29) is 29.2 Å². The van der Waals surface area contributed by atoms with Gasteiger partial charge in [0.25, 0.3) is 0 Å². The lowest BCUT2D eigenvalue weighted by molar-refractivity contribution is 0.0692. The van der Waals surface area contributed by atoms with E-state index in [2.05, 4.69) is 6.58 Å². The van der Waals surface area contributed by atoms with Gasteiger partial charge in [-0.2, -0.15) is 4.31 Å². The highest BCUT2D eigenvalue weighted by molar-refractivity contribution is 7.89. The van der Waals surface area contributed by atoms with Crippen LogP contribution in [-0.4, -0.2) is 36.9 Å². The Labute approximate surface area is 118 Å². The number of aromatic carboxylic acids is 1. The molecule has 0 aliphatic rings. The number of sulfonamides is 1. The monoisotopic (exact) mass is 298 g/mol. The molecule has 0 amide bonds. The second-order valence-electron chi connectivity index (χ2n) is 4.45. The fourth-order valence-corrected chi connectivity index (χ4v) is 3.46. The van der Waals surface area contributed by atoms with Crippen molar-refractivity contribution in [2.75, 3.05) is 18.8 Å². The van der Waals surface area contributed by atoms with Gasteiger partial charge in [-0.05, 0) is 25.1 Å². The molecular formula is C13H18N2O4S. The fourth-order valence-electron chi connectivity index (χ4n) is 1.74. The number of hydrogen-bond donors (Lipinski definition) is 2. The van der Waals surface area contributed by atoms with Crippen molar-refractivity contribution in [1.29, 1.82) is 0 Å². The maximum Gasteiger partial charge on any atom is 0.337 e. The molecule has 0 heterocycles. The first-order chi connectivity index (χ1) is 9.20. The minimum atomic E-state index is -3.93. The predicted octanol–water partition coefficient (Wildman–Crippen LogP) is 1.55. The lowest BCUT2D eigenvalue weighted by atomic mass is 10.2. The largest absolute Gasteiger partial charge is 0.478 e. The van der Waals surface area contributed by atoms with E-state index in [1.165, 1.54) is 18.2 Å². The second-order valence-corrected chi connectivity index (χ2v) is 6.36. The molecule has 0 fully saturated rings. The second kappa shape index (κ2) is 6.06. The smallest absolute Gasteiger partial charge is 0.337 e. The quantitative estimate of drug-likeness (QED) is 0.613. The third kappa shape index (κ3) is 3.37. The van der Waals surface area contributed by atoms with Crippen LogP contribution in [0.5, 0.6) is 0 Å². The summed E-state index contributed by atoms with van der Waals surface area (Å²) in [4.78, 5) is 10.9. The Bertz CT molecular complexity index is 638. The molecule has 6 nitrogen and oxygen atoms in total. The zero-order valence-electron chi connectivity index (χ0n) is 11.5. The van der Waals surface area contributed by atoms with Crippen molar-refractivity contribution in [3.63, 3.8) is 0 Å². The van der Waals surface area contributed by atoms with E-state index in [0.717, 1.165) is 4.31 Å². The molecule has 110 valence electrons. The summed E-state index contributed by atoms with van der Waals surface area (Å²) in [6.07, 6.45) is 0. The van der Waals surface area contributed by atoms with Crippen molar-refractivity contribution in [2.45, 2.75) is 18.7 Å². The van der Waals surface area contributed by atoms with Gasteiger partial charge in [-0.1, -0.05) is 19.1 Å². The number of hydrogen-bond acceptors (Lipinski definition) is 4. The standard InChI is InChI=1S/C13H18N2O4S/c1-4-15(8-9(2)3)20(18,19)12-7-10(14)5-6-11(12)13(16)17/h5-7H,2,4,8,14H2,1,3H3,(H,16,17). The Morgan fingerprint density at radius 3 is 2.50 bits per heavy atom. The van der Waals surface area contributed by atoms with Crippen molar-refractivity contribution >= 4 is 21.7 Å². The highest BCUT2D eigenvalue weighted by Crippen LogP contribution is 2.23. The van der Waals surface area contributed by atoms with E-state index in [9.17, 15) is 13.2 Å². The number of carbonyl (C=O) groups is 1. The number of likely N-dealkylation sites (N-methyl/N-ethyl adjacent to an activating group) is 1. The topological polar surface area (TPSA) is 101 Å². The van der Waals surface area contributed by atoms with Gasteiger partial charge in [0.15, 0.2) is 0 Å². The Hall–Kier alpha value is -1.86.